The van der Waals surface area contributed by atoms with Crippen molar-refractivity contribution in [1.29, 1.82) is 0 Å². The van der Waals surface area contributed by atoms with Crippen LogP contribution in [0.15, 0.2) is 0 Å². The second-order valence-electron chi connectivity index (χ2n) is 3.38. The zero-order valence-corrected chi connectivity index (χ0v) is 10.8. The molecule has 1 amide bonds. The molecule has 84 valence electrons. The maximum absolute atomic E-state index is 11.6. The Kier molecular flexibility index (Phi) is 8.18. The maximum atomic E-state index is 11.6. The number of amides is 1. The monoisotopic (exact) mass is 265 g/mol. The lowest BCUT2D eigenvalue weighted by atomic mass is 10.4. The van der Waals surface area contributed by atoms with Gasteiger partial charge in [-0.1, -0.05) is 15.9 Å². The molecular weight excluding hydrogens is 246 g/mol. The summed E-state index contributed by atoms with van der Waals surface area (Å²) < 4.78 is 5.26. The van der Waals surface area contributed by atoms with Crippen LogP contribution in [0.3, 0.4) is 0 Å². The Bertz CT molecular complexity index is 162. The minimum atomic E-state index is 0.0853. The van der Waals surface area contributed by atoms with Gasteiger partial charge in [0.1, 0.15) is 6.61 Å². The highest BCUT2D eigenvalue weighted by Gasteiger charge is 2.11. The van der Waals surface area contributed by atoms with Gasteiger partial charge in [-0.3, -0.25) is 4.79 Å². The van der Waals surface area contributed by atoms with Crippen molar-refractivity contribution in [3.05, 3.63) is 0 Å². The minimum Gasteiger partial charge on any atom is -0.369 e. The molecule has 0 aromatic carbocycles. The first-order chi connectivity index (χ1) is 6.61. The van der Waals surface area contributed by atoms with Crippen molar-refractivity contribution in [2.24, 2.45) is 0 Å². The molecule has 0 saturated carbocycles. The summed E-state index contributed by atoms with van der Waals surface area (Å²) in [7, 11) is 0. The molecule has 0 aliphatic rings. The number of likely N-dealkylation sites (N-methyl/N-ethyl adjacent to an activating group) is 1. The third-order valence-electron chi connectivity index (χ3n) is 1.84. The van der Waals surface area contributed by atoms with Crippen molar-refractivity contribution >= 4 is 21.8 Å². The zero-order chi connectivity index (χ0) is 11.0. The molecule has 0 atom stereocenters. The van der Waals surface area contributed by atoms with Gasteiger partial charge in [0.2, 0.25) is 5.91 Å². The van der Waals surface area contributed by atoms with E-state index in [4.69, 9.17) is 4.74 Å². The number of nitrogens with zero attached hydrogens (tertiary/aromatic N) is 1. The average Bonchev–Trinajstić information content (AvgIpc) is 2.16. The molecule has 0 bridgehead atoms. The van der Waals surface area contributed by atoms with Crippen LogP contribution in [0.1, 0.15) is 27.2 Å². The molecule has 0 aromatic rings. The SMILES string of the molecule is CCN(CCCBr)C(=O)COC(C)C. The minimum absolute atomic E-state index is 0.0853. The van der Waals surface area contributed by atoms with Crippen LogP contribution in [0.5, 0.6) is 0 Å². The highest BCUT2D eigenvalue weighted by molar-refractivity contribution is 9.09. The molecule has 0 heterocycles. The molecule has 0 aliphatic carbocycles. The first-order valence-electron chi connectivity index (χ1n) is 5.07. The van der Waals surface area contributed by atoms with Crippen molar-refractivity contribution in [3.63, 3.8) is 0 Å². The van der Waals surface area contributed by atoms with Crippen LogP contribution in [0, 0.1) is 0 Å². The van der Waals surface area contributed by atoms with Gasteiger partial charge in [0.05, 0.1) is 6.10 Å². The molecule has 0 radical (unpaired) electrons. The highest BCUT2D eigenvalue weighted by atomic mass is 79.9. The molecular formula is C10H20BrNO2. The van der Waals surface area contributed by atoms with Gasteiger partial charge in [-0.25, -0.2) is 0 Å². The fraction of sp³-hybridized carbons (Fsp3) is 0.900. The van der Waals surface area contributed by atoms with E-state index in [0.717, 1.165) is 24.8 Å². The molecule has 14 heavy (non-hydrogen) atoms. The quantitative estimate of drug-likeness (QED) is 0.660. The van der Waals surface area contributed by atoms with Crippen LogP contribution < -0.4 is 0 Å². The summed E-state index contributed by atoms with van der Waals surface area (Å²) in [6.45, 7) is 7.62. The van der Waals surface area contributed by atoms with E-state index >= 15 is 0 Å². The lowest BCUT2D eigenvalue weighted by Gasteiger charge is -2.20. The van der Waals surface area contributed by atoms with Crippen LogP contribution in [-0.2, 0) is 9.53 Å². The van der Waals surface area contributed by atoms with Gasteiger partial charge in [-0.2, -0.15) is 0 Å². The van der Waals surface area contributed by atoms with Gasteiger partial charge < -0.3 is 9.64 Å². The summed E-state index contributed by atoms with van der Waals surface area (Å²) >= 11 is 3.35. The molecule has 0 fully saturated rings. The first-order valence-corrected chi connectivity index (χ1v) is 6.19. The van der Waals surface area contributed by atoms with Crippen LogP contribution >= 0.6 is 15.9 Å². The predicted molar refractivity (Wildman–Crippen MR) is 61.8 cm³/mol. The molecule has 4 heteroatoms. The molecule has 0 aromatic heterocycles. The van der Waals surface area contributed by atoms with Gasteiger partial charge >= 0.3 is 0 Å². The van der Waals surface area contributed by atoms with Crippen molar-refractivity contribution in [2.45, 2.75) is 33.3 Å². The van der Waals surface area contributed by atoms with Crippen LogP contribution in [0.2, 0.25) is 0 Å². The Morgan fingerprint density at radius 1 is 1.50 bits per heavy atom. The lowest BCUT2D eigenvalue weighted by Crippen LogP contribution is -2.35. The normalized spacial score (nSPS) is 10.6. The fourth-order valence-corrected chi connectivity index (χ4v) is 1.29. The first kappa shape index (κ1) is 13.9. The topological polar surface area (TPSA) is 29.5 Å². The Morgan fingerprint density at radius 3 is 2.57 bits per heavy atom. The van der Waals surface area contributed by atoms with Crippen molar-refractivity contribution in [1.82, 2.24) is 4.90 Å². The lowest BCUT2D eigenvalue weighted by molar-refractivity contribution is -0.137. The van der Waals surface area contributed by atoms with Gasteiger partial charge in [0, 0.05) is 18.4 Å². The van der Waals surface area contributed by atoms with Crippen molar-refractivity contribution in [2.75, 3.05) is 25.0 Å². The molecule has 0 saturated heterocycles. The fourth-order valence-electron chi connectivity index (χ4n) is 1.04. The second kappa shape index (κ2) is 8.24. The number of halogens is 1. The standard InChI is InChI=1S/C10H20BrNO2/c1-4-12(7-5-6-11)10(13)8-14-9(2)3/h9H,4-8H2,1-3H3. The van der Waals surface area contributed by atoms with Gasteiger partial charge in [-0.15, -0.1) is 0 Å². The molecule has 3 nitrogen and oxygen atoms in total. The number of hydrogen-bond acceptors (Lipinski definition) is 2. The van der Waals surface area contributed by atoms with Crippen LogP contribution in [-0.4, -0.2) is 41.9 Å². The van der Waals surface area contributed by atoms with E-state index in [1.165, 1.54) is 0 Å². The largest absolute Gasteiger partial charge is 0.369 e. The smallest absolute Gasteiger partial charge is 0.248 e. The van der Waals surface area contributed by atoms with E-state index in [2.05, 4.69) is 15.9 Å². The third kappa shape index (κ3) is 6.38. The predicted octanol–water partition coefficient (Wildman–Crippen LogP) is 2.04. The third-order valence-corrected chi connectivity index (χ3v) is 2.40. The summed E-state index contributed by atoms with van der Waals surface area (Å²) in [5, 5.41) is 0.932. The summed E-state index contributed by atoms with van der Waals surface area (Å²) in [6, 6.07) is 0. The maximum Gasteiger partial charge on any atom is 0.248 e. The van der Waals surface area contributed by atoms with E-state index in [-0.39, 0.29) is 18.6 Å². The summed E-state index contributed by atoms with van der Waals surface area (Å²) in [4.78, 5) is 13.4. The van der Waals surface area contributed by atoms with E-state index < -0.39 is 0 Å². The second-order valence-corrected chi connectivity index (χ2v) is 4.17. The number of hydrogen-bond donors (Lipinski definition) is 0. The Balaban J connectivity index is 3.79. The Labute approximate surface area is 94.9 Å². The zero-order valence-electron chi connectivity index (χ0n) is 9.25. The van der Waals surface area contributed by atoms with Crippen LogP contribution in [0.25, 0.3) is 0 Å². The summed E-state index contributed by atoms with van der Waals surface area (Å²) in [5.41, 5.74) is 0. The number of carbonyl (C=O) groups excluding carboxylic acids is 1. The van der Waals surface area contributed by atoms with Gasteiger partial charge in [0.15, 0.2) is 0 Å². The Morgan fingerprint density at radius 2 is 2.14 bits per heavy atom. The van der Waals surface area contributed by atoms with E-state index in [1.54, 1.807) is 0 Å². The van der Waals surface area contributed by atoms with E-state index in [9.17, 15) is 4.79 Å². The molecule has 0 spiro atoms. The number of rotatable bonds is 7. The average molecular weight is 266 g/mol. The number of ether oxygens (including phenoxy) is 1. The number of alkyl halides is 1. The van der Waals surface area contributed by atoms with E-state index in [0.29, 0.717) is 0 Å². The Hall–Kier alpha value is -0.0900. The van der Waals surface area contributed by atoms with Crippen molar-refractivity contribution in [3.8, 4) is 0 Å². The molecule has 0 rings (SSSR count). The van der Waals surface area contributed by atoms with Gasteiger partial charge in [0.25, 0.3) is 0 Å². The highest BCUT2D eigenvalue weighted by Crippen LogP contribution is 1.97. The summed E-state index contributed by atoms with van der Waals surface area (Å²) in [5.74, 6) is 0.0853. The summed E-state index contributed by atoms with van der Waals surface area (Å²) in [6.07, 6.45) is 1.11. The van der Waals surface area contributed by atoms with E-state index in [1.807, 2.05) is 25.7 Å². The number of carbonyl (C=O) groups is 1. The van der Waals surface area contributed by atoms with Crippen LogP contribution in [0.4, 0.5) is 0 Å². The molecule has 0 N–H and O–H groups in total. The molecule has 0 unspecified atom stereocenters. The van der Waals surface area contributed by atoms with Gasteiger partial charge in [-0.05, 0) is 27.2 Å². The molecule has 0 aliphatic heterocycles. The van der Waals surface area contributed by atoms with Crippen molar-refractivity contribution < 1.29 is 9.53 Å².